The van der Waals surface area contributed by atoms with Crippen molar-refractivity contribution in [3.8, 4) is 34.7 Å². The van der Waals surface area contributed by atoms with Crippen molar-refractivity contribution in [2.24, 2.45) is 14.1 Å². The fourth-order valence-corrected chi connectivity index (χ4v) is 8.52. The number of nitrogens with zero attached hydrogens (tertiary/aromatic N) is 18. The number of hydrogen-bond donors (Lipinski definition) is 0. The van der Waals surface area contributed by atoms with Crippen LogP contribution in [0.15, 0.2) is 80.3 Å². The average Bonchev–Trinajstić information content (AvgIpc) is 4.13. The molecule has 2 aliphatic heterocycles. The number of aryl methyl sites for hydroxylation is 2. The highest BCUT2D eigenvalue weighted by Crippen LogP contribution is 2.42. The van der Waals surface area contributed by atoms with Gasteiger partial charge in [0.2, 0.25) is 5.78 Å². The molecule has 8 aromatic rings. The van der Waals surface area contributed by atoms with Gasteiger partial charge < -0.3 is 18.9 Å². The number of rotatable bonds is 6. The van der Waals surface area contributed by atoms with Gasteiger partial charge in [-0.1, -0.05) is 20.8 Å². The first kappa shape index (κ1) is 41.6. The van der Waals surface area contributed by atoms with Gasteiger partial charge in [0, 0.05) is 114 Å². The Balaban J connectivity index is 0.000000163. The zero-order chi connectivity index (χ0) is 44.8. The van der Waals surface area contributed by atoms with Crippen molar-refractivity contribution in [2.45, 2.75) is 63.2 Å². The van der Waals surface area contributed by atoms with Gasteiger partial charge in [-0.2, -0.15) is 25.4 Å². The highest BCUT2D eigenvalue weighted by atomic mass is 19.1. The van der Waals surface area contributed by atoms with E-state index in [0.29, 0.717) is 77.5 Å². The van der Waals surface area contributed by atoms with Gasteiger partial charge in [-0.15, -0.1) is 20.4 Å². The SMILES string of the molecule is Cn1cnnc1C1(F)CCN(c2c(C#N)ccnc2-c2cnc3nc(C(C)(C)C)cn3c2)CC1.Cn1cnnc1C1(F)CCN(c2c(C#N)ccnc2-c2cnn3ncccc23)CC1. The van der Waals surface area contributed by atoms with Crippen LogP contribution in [0, 0.1) is 22.7 Å². The summed E-state index contributed by atoms with van der Waals surface area (Å²) < 4.78 is 38.0. The maximum Gasteiger partial charge on any atom is 0.233 e. The van der Waals surface area contributed by atoms with Crippen LogP contribution >= 0.6 is 0 Å². The number of pyridine rings is 2. The van der Waals surface area contributed by atoms with Crippen LogP contribution in [0.2, 0.25) is 0 Å². The van der Waals surface area contributed by atoms with Crippen LogP contribution in [0.25, 0.3) is 33.8 Å². The second-order valence-corrected chi connectivity index (χ2v) is 17.2. The molecule has 0 radical (unpaired) electrons. The summed E-state index contributed by atoms with van der Waals surface area (Å²) in [6, 6.07) is 11.6. The fourth-order valence-electron chi connectivity index (χ4n) is 8.52. The van der Waals surface area contributed by atoms with Gasteiger partial charge >= 0.3 is 0 Å². The molecule has 8 aromatic heterocycles. The summed E-state index contributed by atoms with van der Waals surface area (Å²) in [4.78, 5) is 22.4. The molecule has 64 heavy (non-hydrogen) atoms. The monoisotopic (exact) mass is 862 g/mol. The molecule has 10 heterocycles. The zero-order valence-electron chi connectivity index (χ0n) is 36.0. The summed E-state index contributed by atoms with van der Waals surface area (Å²) in [5.41, 5.74) is 3.73. The molecule has 0 unspecified atom stereocenters. The normalized spacial score (nSPS) is 16.0. The van der Waals surface area contributed by atoms with E-state index in [4.69, 9.17) is 0 Å². The Hall–Kier alpha value is -7.74. The van der Waals surface area contributed by atoms with Crippen LogP contribution in [0.5, 0.6) is 0 Å². The van der Waals surface area contributed by atoms with E-state index in [9.17, 15) is 10.5 Å². The quantitative estimate of drug-likeness (QED) is 0.194. The third-order valence-corrected chi connectivity index (χ3v) is 12.0. The van der Waals surface area contributed by atoms with E-state index in [-0.39, 0.29) is 31.1 Å². The first-order valence-electron chi connectivity index (χ1n) is 20.8. The Morgan fingerprint density at radius 1 is 0.688 bits per heavy atom. The minimum absolute atomic E-state index is 0.104. The Kier molecular flexibility index (Phi) is 10.5. The predicted molar refractivity (Wildman–Crippen MR) is 231 cm³/mol. The van der Waals surface area contributed by atoms with Crippen molar-refractivity contribution in [2.75, 3.05) is 36.0 Å². The number of hydrogen-bond acceptors (Lipinski definition) is 14. The molecule has 0 N–H and O–H groups in total. The molecule has 2 fully saturated rings. The maximum absolute atomic E-state index is 15.7. The molecule has 0 bridgehead atoms. The molecule has 20 heteroatoms. The molecule has 0 aliphatic carbocycles. The first-order valence-corrected chi connectivity index (χ1v) is 20.8. The van der Waals surface area contributed by atoms with Gasteiger partial charge in [-0.3, -0.25) is 14.4 Å². The molecule has 0 aromatic carbocycles. The summed E-state index contributed by atoms with van der Waals surface area (Å²) >= 11 is 0. The number of imidazole rings is 1. The molecule has 2 aliphatic rings. The topological polar surface area (TPSA) is 202 Å². The van der Waals surface area contributed by atoms with Crippen molar-refractivity contribution >= 4 is 22.7 Å². The van der Waals surface area contributed by atoms with E-state index < -0.39 is 11.3 Å². The third kappa shape index (κ3) is 7.50. The third-order valence-electron chi connectivity index (χ3n) is 12.0. The predicted octanol–water partition coefficient (Wildman–Crippen LogP) is 5.81. The number of piperidine rings is 2. The molecule has 10 rings (SSSR count). The van der Waals surface area contributed by atoms with E-state index in [1.807, 2.05) is 38.7 Å². The smallest absolute Gasteiger partial charge is 0.233 e. The Morgan fingerprint density at radius 3 is 1.78 bits per heavy atom. The average molecular weight is 863 g/mol. The van der Waals surface area contributed by atoms with Crippen LogP contribution in [0.1, 0.15) is 74.9 Å². The van der Waals surface area contributed by atoms with Gasteiger partial charge in [-0.25, -0.2) is 18.7 Å². The second-order valence-electron chi connectivity index (χ2n) is 17.2. The van der Waals surface area contributed by atoms with Crippen molar-refractivity contribution in [3.63, 3.8) is 0 Å². The summed E-state index contributed by atoms with van der Waals surface area (Å²) in [5.74, 6) is 1.28. The van der Waals surface area contributed by atoms with E-state index >= 15 is 8.78 Å². The molecular formula is C44H44F2N18. The molecule has 0 amide bonds. The van der Waals surface area contributed by atoms with Crippen LogP contribution in [-0.4, -0.2) is 94.9 Å². The van der Waals surface area contributed by atoms with Crippen LogP contribution in [0.3, 0.4) is 0 Å². The lowest BCUT2D eigenvalue weighted by atomic mass is 9.91. The van der Waals surface area contributed by atoms with Crippen molar-refractivity contribution in [1.29, 1.82) is 10.5 Å². The Labute approximate surface area is 366 Å². The zero-order valence-corrected chi connectivity index (χ0v) is 36.0. The fraction of sp³-hybridized carbons (Fsp3) is 0.364. The minimum atomic E-state index is -1.56. The Morgan fingerprint density at radius 2 is 1.25 bits per heavy atom. The standard InChI is InChI=1S/C24H26FN9.C20H18FN9/c1-23(2,3)18-14-34-13-17(12-28-22(34)30-18)19-20(16(11-26)5-8-27-19)33-9-6-24(25,7-10-33)21-31-29-15-32(21)4;1-28-13-24-27-19(28)20(21)5-9-29(10-6-20)18-14(11-22)4-8-23-17(18)15-12-26-30-16(15)3-2-7-25-30/h5,8,12-15H,6-7,9-10H2,1-4H3;2-4,7-8,12-13H,5-6,9-10H2,1H3. The van der Waals surface area contributed by atoms with Gasteiger partial charge in [-0.05, 0) is 24.3 Å². The van der Waals surface area contributed by atoms with Crippen LogP contribution in [0.4, 0.5) is 20.2 Å². The summed E-state index contributed by atoms with van der Waals surface area (Å²) in [7, 11) is 3.50. The van der Waals surface area contributed by atoms with Crippen LogP contribution in [-0.2, 0) is 30.8 Å². The van der Waals surface area contributed by atoms with E-state index in [1.165, 1.54) is 17.3 Å². The molecule has 2 saturated heterocycles. The Bertz CT molecular complexity index is 3070. The van der Waals surface area contributed by atoms with Gasteiger partial charge in [0.05, 0.1) is 56.9 Å². The molecule has 0 spiro atoms. The number of fused-ring (bicyclic) bond motifs is 2. The molecule has 0 atom stereocenters. The van der Waals surface area contributed by atoms with Gasteiger partial charge in [0.15, 0.2) is 23.0 Å². The molecule has 324 valence electrons. The summed E-state index contributed by atoms with van der Waals surface area (Å²) in [5, 5.41) is 43.7. The van der Waals surface area contributed by atoms with Gasteiger partial charge in [0.25, 0.3) is 0 Å². The number of aromatic nitrogens is 14. The summed E-state index contributed by atoms with van der Waals surface area (Å²) in [6.45, 7) is 8.01. The molecule has 0 saturated carbocycles. The van der Waals surface area contributed by atoms with Crippen molar-refractivity contribution in [1.82, 2.24) is 68.7 Å². The highest BCUT2D eigenvalue weighted by Gasteiger charge is 2.42. The lowest BCUT2D eigenvalue weighted by Crippen LogP contribution is -2.42. The van der Waals surface area contributed by atoms with E-state index in [2.05, 4.69) is 83.4 Å². The van der Waals surface area contributed by atoms with Crippen molar-refractivity contribution < 1.29 is 8.78 Å². The van der Waals surface area contributed by atoms with Crippen LogP contribution < -0.4 is 9.80 Å². The van der Waals surface area contributed by atoms with Gasteiger partial charge in [0.1, 0.15) is 24.8 Å². The number of anilines is 2. The highest BCUT2D eigenvalue weighted by molar-refractivity contribution is 5.87. The number of alkyl halides is 2. The largest absolute Gasteiger partial charge is 0.368 e. The maximum atomic E-state index is 15.7. The number of nitriles is 2. The van der Waals surface area contributed by atoms with E-state index in [0.717, 1.165) is 22.3 Å². The molecule has 18 nitrogen and oxygen atoms in total. The number of halogens is 2. The van der Waals surface area contributed by atoms with E-state index in [1.54, 1.807) is 66.3 Å². The van der Waals surface area contributed by atoms with Crippen molar-refractivity contribution in [3.05, 3.63) is 109 Å². The summed E-state index contributed by atoms with van der Waals surface area (Å²) in [6.07, 6.45) is 16.2. The lowest BCUT2D eigenvalue weighted by Gasteiger charge is -2.37. The first-order chi connectivity index (χ1) is 30.8. The lowest BCUT2D eigenvalue weighted by molar-refractivity contribution is 0.109. The molecular weight excluding hydrogens is 819 g/mol. The second kappa shape index (κ2) is 16.2. The minimum Gasteiger partial charge on any atom is -0.368 e.